The van der Waals surface area contributed by atoms with Crippen LogP contribution in [-0.2, 0) is 6.61 Å². The summed E-state index contributed by atoms with van der Waals surface area (Å²) >= 11 is 1.71. The average molecular weight is 379 g/mol. The fourth-order valence-electron chi connectivity index (χ4n) is 3.11. The Morgan fingerprint density at radius 1 is 1.04 bits per heavy atom. The van der Waals surface area contributed by atoms with Crippen LogP contribution >= 0.6 is 11.3 Å². The number of carbonyl (C=O) groups is 1. The summed E-state index contributed by atoms with van der Waals surface area (Å²) in [6.07, 6.45) is 0.683. The Morgan fingerprint density at radius 2 is 1.85 bits per heavy atom. The maximum atomic E-state index is 12.8. The number of nitrogens with one attached hydrogen (secondary N) is 3. The van der Waals surface area contributed by atoms with Crippen LogP contribution in [0.4, 0.5) is 0 Å². The van der Waals surface area contributed by atoms with Gasteiger partial charge >= 0.3 is 0 Å². The second-order valence-corrected chi connectivity index (χ2v) is 7.36. The van der Waals surface area contributed by atoms with Crippen LogP contribution in [0.2, 0.25) is 0 Å². The molecule has 1 fully saturated rings. The first kappa shape index (κ1) is 17.7. The highest BCUT2D eigenvalue weighted by atomic mass is 32.1. The van der Waals surface area contributed by atoms with E-state index in [0.717, 1.165) is 17.7 Å². The molecule has 0 spiro atoms. The van der Waals surface area contributed by atoms with Gasteiger partial charge in [-0.15, -0.1) is 11.3 Å². The van der Waals surface area contributed by atoms with Crippen LogP contribution in [0.5, 0.6) is 5.75 Å². The van der Waals surface area contributed by atoms with Gasteiger partial charge < -0.3 is 10.1 Å². The molecule has 1 aliphatic heterocycles. The van der Waals surface area contributed by atoms with Crippen molar-refractivity contribution in [3.63, 3.8) is 0 Å². The van der Waals surface area contributed by atoms with Gasteiger partial charge in [0.05, 0.1) is 12.2 Å². The first-order chi connectivity index (χ1) is 13.3. The smallest absolute Gasteiger partial charge is 0.252 e. The Bertz CT molecular complexity index is 883. The van der Waals surface area contributed by atoms with Crippen LogP contribution in [0.15, 0.2) is 72.1 Å². The molecule has 138 valence electrons. The number of rotatable bonds is 6. The number of amides is 1. The van der Waals surface area contributed by atoms with Gasteiger partial charge in [0.2, 0.25) is 0 Å². The molecule has 1 saturated heterocycles. The lowest BCUT2D eigenvalue weighted by molar-refractivity contribution is 0.0929. The Kier molecular flexibility index (Phi) is 5.48. The Balaban J connectivity index is 1.39. The minimum atomic E-state index is -0.118. The lowest BCUT2D eigenvalue weighted by Crippen LogP contribution is -2.44. The second kappa shape index (κ2) is 8.35. The summed E-state index contributed by atoms with van der Waals surface area (Å²) in [4.78, 5) is 14.1. The molecule has 2 unspecified atom stereocenters. The van der Waals surface area contributed by atoms with Crippen LogP contribution < -0.4 is 20.9 Å². The maximum Gasteiger partial charge on any atom is 0.252 e. The van der Waals surface area contributed by atoms with Crippen molar-refractivity contribution in [3.8, 4) is 5.75 Å². The summed E-state index contributed by atoms with van der Waals surface area (Å²) in [5.41, 5.74) is 7.91. The van der Waals surface area contributed by atoms with E-state index in [9.17, 15) is 4.79 Å². The van der Waals surface area contributed by atoms with Crippen molar-refractivity contribution in [2.75, 3.05) is 0 Å². The molecule has 1 aliphatic rings. The van der Waals surface area contributed by atoms with Crippen LogP contribution in [0, 0.1) is 0 Å². The van der Waals surface area contributed by atoms with E-state index < -0.39 is 0 Å². The number of ether oxygens (including phenoxy) is 1. The van der Waals surface area contributed by atoms with Gasteiger partial charge in [-0.1, -0.05) is 42.5 Å². The van der Waals surface area contributed by atoms with Crippen molar-refractivity contribution in [1.29, 1.82) is 0 Å². The minimum Gasteiger partial charge on any atom is -0.489 e. The molecule has 3 aromatic rings. The highest BCUT2D eigenvalue weighted by Gasteiger charge is 2.27. The molecular weight excluding hydrogens is 358 g/mol. The largest absolute Gasteiger partial charge is 0.489 e. The summed E-state index contributed by atoms with van der Waals surface area (Å²) in [6, 6.07) is 21.5. The number of hydrazine groups is 1. The van der Waals surface area contributed by atoms with E-state index in [-0.39, 0.29) is 18.1 Å². The van der Waals surface area contributed by atoms with Crippen molar-refractivity contribution in [2.45, 2.75) is 25.2 Å². The van der Waals surface area contributed by atoms with Gasteiger partial charge in [0.1, 0.15) is 12.4 Å². The van der Waals surface area contributed by atoms with Crippen molar-refractivity contribution in [3.05, 3.63) is 88.1 Å². The maximum absolute atomic E-state index is 12.8. The molecular formula is C21H21N3O2S. The highest BCUT2D eigenvalue weighted by Crippen LogP contribution is 2.25. The van der Waals surface area contributed by atoms with E-state index in [2.05, 4.69) is 27.6 Å². The first-order valence-corrected chi connectivity index (χ1v) is 9.78. The monoisotopic (exact) mass is 379 g/mol. The molecule has 6 heteroatoms. The zero-order valence-electron chi connectivity index (χ0n) is 14.7. The Hall–Kier alpha value is -2.67. The van der Waals surface area contributed by atoms with Crippen molar-refractivity contribution >= 4 is 17.2 Å². The van der Waals surface area contributed by atoms with Crippen molar-refractivity contribution in [1.82, 2.24) is 16.2 Å². The molecule has 2 heterocycles. The van der Waals surface area contributed by atoms with E-state index in [4.69, 9.17) is 4.74 Å². The summed E-state index contributed by atoms with van der Waals surface area (Å²) in [6.45, 7) is 0.349. The van der Waals surface area contributed by atoms with Gasteiger partial charge in [-0.05, 0) is 29.6 Å². The molecule has 4 rings (SSSR count). The predicted molar refractivity (Wildman–Crippen MR) is 106 cm³/mol. The Labute approximate surface area is 162 Å². The molecule has 3 N–H and O–H groups in total. The number of benzene rings is 2. The fraction of sp³-hybridized carbons (Fsp3) is 0.190. The molecule has 0 aliphatic carbocycles. The zero-order valence-corrected chi connectivity index (χ0v) is 15.5. The standard InChI is InChI=1S/C21H21N3O2S/c25-21(22-20-13-18(23-24-20)19-11-6-12-27-19)17-10-5-4-7-15(17)14-26-16-8-2-1-3-9-16/h1-12,18,20,23-24H,13-14H2,(H,22,25). The molecule has 1 amide bonds. The van der Waals surface area contributed by atoms with Gasteiger partial charge in [-0.2, -0.15) is 0 Å². The van der Waals surface area contributed by atoms with E-state index in [0.29, 0.717) is 12.2 Å². The van der Waals surface area contributed by atoms with Gasteiger partial charge in [-0.3, -0.25) is 4.79 Å². The highest BCUT2D eigenvalue weighted by molar-refractivity contribution is 7.10. The number of carbonyl (C=O) groups excluding carboxylic acids is 1. The molecule has 1 aromatic heterocycles. The van der Waals surface area contributed by atoms with Crippen molar-refractivity contribution < 1.29 is 9.53 Å². The quantitative estimate of drug-likeness (QED) is 0.612. The number of para-hydroxylation sites is 1. The molecule has 0 saturated carbocycles. The van der Waals surface area contributed by atoms with E-state index in [1.807, 2.05) is 60.7 Å². The van der Waals surface area contributed by atoms with E-state index in [1.165, 1.54) is 4.88 Å². The first-order valence-electron chi connectivity index (χ1n) is 8.90. The predicted octanol–water partition coefficient (Wildman–Crippen LogP) is 3.62. The van der Waals surface area contributed by atoms with Gasteiger partial charge in [0.25, 0.3) is 5.91 Å². The van der Waals surface area contributed by atoms with Gasteiger partial charge in [0, 0.05) is 22.4 Å². The number of thiophene rings is 1. The normalized spacial score (nSPS) is 19.0. The van der Waals surface area contributed by atoms with Gasteiger partial charge in [0.15, 0.2) is 0 Å². The number of hydrogen-bond donors (Lipinski definition) is 3. The molecule has 0 bridgehead atoms. The lowest BCUT2D eigenvalue weighted by Gasteiger charge is -2.15. The molecule has 2 atom stereocenters. The molecule has 5 nitrogen and oxygen atoms in total. The molecule has 2 aromatic carbocycles. The third-order valence-corrected chi connectivity index (χ3v) is 5.48. The summed E-state index contributed by atoms with van der Waals surface area (Å²) in [5.74, 6) is 0.682. The average Bonchev–Trinajstić information content (AvgIpc) is 3.39. The van der Waals surface area contributed by atoms with Crippen molar-refractivity contribution in [2.24, 2.45) is 0 Å². The molecule has 27 heavy (non-hydrogen) atoms. The fourth-order valence-corrected chi connectivity index (χ4v) is 3.90. The summed E-state index contributed by atoms with van der Waals surface area (Å²) in [7, 11) is 0. The second-order valence-electron chi connectivity index (χ2n) is 6.38. The summed E-state index contributed by atoms with van der Waals surface area (Å²) in [5, 5.41) is 5.12. The Morgan fingerprint density at radius 3 is 2.67 bits per heavy atom. The van der Waals surface area contributed by atoms with Crippen LogP contribution in [0.25, 0.3) is 0 Å². The van der Waals surface area contributed by atoms with Gasteiger partial charge in [-0.25, -0.2) is 10.9 Å². The summed E-state index contributed by atoms with van der Waals surface area (Å²) < 4.78 is 5.81. The van der Waals surface area contributed by atoms with Crippen LogP contribution in [0.1, 0.15) is 33.3 Å². The third-order valence-electron chi connectivity index (χ3n) is 4.49. The van der Waals surface area contributed by atoms with Crippen LogP contribution in [-0.4, -0.2) is 12.1 Å². The van der Waals surface area contributed by atoms with E-state index >= 15 is 0 Å². The SMILES string of the molecule is O=C(NC1CC(c2cccs2)NN1)c1ccccc1COc1ccccc1. The van der Waals surface area contributed by atoms with Crippen LogP contribution in [0.3, 0.4) is 0 Å². The molecule has 0 radical (unpaired) electrons. The topological polar surface area (TPSA) is 62.4 Å². The van der Waals surface area contributed by atoms with E-state index in [1.54, 1.807) is 11.3 Å². The lowest BCUT2D eigenvalue weighted by atomic mass is 10.1. The third kappa shape index (κ3) is 4.36. The zero-order chi connectivity index (χ0) is 18.5. The number of hydrogen-bond acceptors (Lipinski definition) is 5. The minimum absolute atomic E-state index is 0.103.